The van der Waals surface area contributed by atoms with Crippen LogP contribution < -0.4 is 0 Å². The number of fused-ring (bicyclic) bond motifs is 8. The second-order valence-corrected chi connectivity index (χ2v) is 12.5. The molecule has 0 amide bonds. The Morgan fingerprint density at radius 3 is 1.57 bits per heavy atom. The lowest BCUT2D eigenvalue weighted by Crippen LogP contribution is -1.93. The molecule has 0 saturated carbocycles. The van der Waals surface area contributed by atoms with Gasteiger partial charge in [-0.1, -0.05) is 158 Å². The van der Waals surface area contributed by atoms with E-state index in [9.17, 15) is 5.48 Å². The minimum Gasteiger partial charge on any atom is -0.455 e. The molecule has 1 aliphatic rings. The molecule has 1 heterocycles. The molecule has 0 N–H and O–H groups in total. The van der Waals surface area contributed by atoms with Gasteiger partial charge in [0.15, 0.2) is 0 Å². The van der Waals surface area contributed by atoms with Crippen LogP contribution in [0.5, 0.6) is 0 Å². The normalized spacial score (nSPS) is 14.4. The summed E-state index contributed by atoms with van der Waals surface area (Å²) in [6.07, 6.45) is 0. The van der Waals surface area contributed by atoms with E-state index in [0.717, 1.165) is 49.5 Å². The highest BCUT2D eigenvalue weighted by Crippen LogP contribution is 2.53. The van der Waals surface area contributed by atoms with Crippen molar-refractivity contribution in [2.75, 3.05) is 0 Å². The Morgan fingerprint density at radius 2 is 0.857 bits per heavy atom. The zero-order valence-electron chi connectivity index (χ0n) is 34.0. The second kappa shape index (κ2) is 10.0. The van der Waals surface area contributed by atoms with Crippen LogP contribution in [0.2, 0.25) is 0 Å². The van der Waals surface area contributed by atoms with Gasteiger partial charge in [-0.25, -0.2) is 0 Å². The number of rotatable bonds is 3. The number of benzene rings is 9. The quantitative estimate of drug-likeness (QED) is 0.177. The van der Waals surface area contributed by atoms with Gasteiger partial charge in [-0.2, -0.15) is 0 Å². The first-order chi connectivity index (χ1) is 27.7. The third-order valence-corrected chi connectivity index (χ3v) is 10.1. The molecule has 0 fully saturated rings. The average molecular weight is 629 g/mol. The molecular formula is C48H28O. The molecule has 0 spiro atoms. The van der Waals surface area contributed by atoms with E-state index in [1.165, 1.54) is 0 Å². The SMILES string of the molecule is [2H]c1c([2H])c([2H])c2c(-c3ccc(-c4ccccc4)c4oc5ccccc5c34)c3c([2H])c([2H])c([2H])c([2H])c3c(-c3ccc4c5c(cccc35)-c3ccccc3-4)c2c1[2H]. The Balaban J connectivity index is 1.40. The molecule has 10 aromatic rings. The fraction of sp³-hybridized carbons (Fsp3) is 0. The van der Waals surface area contributed by atoms with Crippen LogP contribution in [0.4, 0.5) is 0 Å². The van der Waals surface area contributed by atoms with E-state index in [0.29, 0.717) is 33.2 Å². The van der Waals surface area contributed by atoms with Gasteiger partial charge in [0.2, 0.25) is 0 Å². The van der Waals surface area contributed by atoms with Crippen LogP contribution in [0.1, 0.15) is 11.0 Å². The molecule has 9 aromatic carbocycles. The summed E-state index contributed by atoms with van der Waals surface area (Å²) in [6.45, 7) is 0. The van der Waals surface area contributed by atoms with E-state index in [-0.39, 0.29) is 51.3 Å². The summed E-state index contributed by atoms with van der Waals surface area (Å²) in [5.41, 5.74) is 8.88. The molecule has 1 nitrogen and oxygen atoms in total. The standard InChI is InChI=1S/C48H28O/c1-2-13-29(14-3-1)30-25-28-42(47-41-21-10-11-24-43(41)49-48(30)47)46-36-19-8-6-17-34(36)45(35-18-7-9-20-37(35)46)40-27-26-39-32-16-5-4-15-31(32)33-22-12-23-38(40)44(33)39/h1-28H/i6D,7D,8D,9D,17D,18D,19D,20D. The van der Waals surface area contributed by atoms with E-state index >= 15 is 0 Å². The van der Waals surface area contributed by atoms with Gasteiger partial charge in [0.05, 0.1) is 11.0 Å². The van der Waals surface area contributed by atoms with Gasteiger partial charge in [-0.05, 0) is 94.5 Å². The lowest BCUT2D eigenvalue weighted by Gasteiger charge is -2.20. The van der Waals surface area contributed by atoms with Gasteiger partial charge in [-0.3, -0.25) is 0 Å². The van der Waals surface area contributed by atoms with Crippen molar-refractivity contribution in [3.05, 3.63) is 170 Å². The van der Waals surface area contributed by atoms with Gasteiger partial charge in [-0.15, -0.1) is 0 Å². The van der Waals surface area contributed by atoms with Crippen LogP contribution in [0.3, 0.4) is 0 Å². The predicted octanol–water partition coefficient (Wildman–Crippen LogP) is 13.7. The van der Waals surface area contributed by atoms with E-state index in [1.54, 1.807) is 0 Å². The van der Waals surface area contributed by atoms with Crippen LogP contribution in [-0.4, -0.2) is 0 Å². The molecule has 0 atom stereocenters. The summed E-state index contributed by atoms with van der Waals surface area (Å²) in [4.78, 5) is 0. The number of hydrogen-bond acceptors (Lipinski definition) is 1. The molecule has 0 aliphatic heterocycles. The molecule has 49 heavy (non-hydrogen) atoms. The van der Waals surface area contributed by atoms with Crippen LogP contribution >= 0.6 is 0 Å². The topological polar surface area (TPSA) is 13.1 Å². The zero-order chi connectivity index (χ0) is 39.0. The van der Waals surface area contributed by atoms with Gasteiger partial charge in [0.25, 0.3) is 0 Å². The fourth-order valence-electron chi connectivity index (χ4n) is 8.07. The summed E-state index contributed by atoms with van der Waals surface area (Å²) in [6, 6.07) is 36.4. The van der Waals surface area contributed by atoms with Crippen molar-refractivity contribution in [2.24, 2.45) is 0 Å². The Hall–Kier alpha value is -6.44. The summed E-state index contributed by atoms with van der Waals surface area (Å²) in [7, 11) is 0. The smallest absolute Gasteiger partial charge is 0.143 e. The van der Waals surface area contributed by atoms with E-state index in [4.69, 9.17) is 9.90 Å². The Bertz CT molecular complexity index is 3330. The number of hydrogen-bond donors (Lipinski definition) is 0. The van der Waals surface area contributed by atoms with Gasteiger partial charge in [0.1, 0.15) is 11.2 Å². The predicted molar refractivity (Wildman–Crippen MR) is 207 cm³/mol. The monoisotopic (exact) mass is 628 g/mol. The molecule has 0 radical (unpaired) electrons. The van der Waals surface area contributed by atoms with Crippen molar-refractivity contribution in [1.82, 2.24) is 0 Å². The lowest BCUT2D eigenvalue weighted by molar-refractivity contribution is 0.670. The minimum atomic E-state index is -0.440. The van der Waals surface area contributed by atoms with Crippen LogP contribution in [0, 0.1) is 0 Å². The first-order valence-corrected chi connectivity index (χ1v) is 16.3. The molecule has 226 valence electrons. The molecule has 11 rings (SSSR count). The van der Waals surface area contributed by atoms with Crippen molar-refractivity contribution < 1.29 is 15.4 Å². The van der Waals surface area contributed by atoms with Gasteiger partial charge >= 0.3 is 0 Å². The van der Waals surface area contributed by atoms with Crippen molar-refractivity contribution in [3.8, 4) is 55.6 Å². The Labute approximate surface area is 294 Å². The molecule has 0 bridgehead atoms. The van der Waals surface area contributed by atoms with Crippen molar-refractivity contribution in [2.45, 2.75) is 0 Å². The zero-order valence-corrected chi connectivity index (χ0v) is 26.0. The highest BCUT2D eigenvalue weighted by Gasteiger charge is 2.25. The fourth-order valence-corrected chi connectivity index (χ4v) is 8.07. The maximum Gasteiger partial charge on any atom is 0.143 e. The van der Waals surface area contributed by atoms with E-state index in [2.05, 4.69) is 18.2 Å². The molecular weight excluding hydrogens is 593 g/mol. The van der Waals surface area contributed by atoms with E-state index in [1.807, 2.05) is 103 Å². The third-order valence-electron chi connectivity index (χ3n) is 10.1. The Morgan fingerprint density at radius 1 is 0.347 bits per heavy atom. The third kappa shape index (κ3) is 3.65. The van der Waals surface area contributed by atoms with Gasteiger partial charge < -0.3 is 4.42 Å². The summed E-state index contributed by atoms with van der Waals surface area (Å²) in [5, 5.41) is 3.91. The van der Waals surface area contributed by atoms with Crippen molar-refractivity contribution >= 4 is 54.3 Å². The number of furan rings is 1. The van der Waals surface area contributed by atoms with Crippen molar-refractivity contribution in [1.29, 1.82) is 0 Å². The summed E-state index contributed by atoms with van der Waals surface area (Å²) in [5.74, 6) is 0. The minimum absolute atomic E-state index is 0.166. The van der Waals surface area contributed by atoms with Crippen molar-refractivity contribution in [3.63, 3.8) is 0 Å². The summed E-state index contributed by atoms with van der Waals surface area (Å²) >= 11 is 0. The van der Waals surface area contributed by atoms with Crippen LogP contribution in [0.15, 0.2) is 174 Å². The first-order valence-electron chi connectivity index (χ1n) is 20.3. The molecule has 1 heteroatoms. The van der Waals surface area contributed by atoms with Crippen LogP contribution in [-0.2, 0) is 0 Å². The average Bonchev–Trinajstić information content (AvgIpc) is 3.80. The maximum atomic E-state index is 9.60. The molecule has 0 unspecified atom stereocenters. The maximum absolute atomic E-state index is 9.60. The molecule has 1 aliphatic carbocycles. The number of para-hydroxylation sites is 1. The van der Waals surface area contributed by atoms with E-state index < -0.39 is 24.2 Å². The molecule has 0 saturated heterocycles. The summed E-state index contributed by atoms with van der Waals surface area (Å²) < 4.78 is 81.0. The highest BCUT2D eigenvalue weighted by molar-refractivity contribution is 6.29. The van der Waals surface area contributed by atoms with Crippen LogP contribution in [0.25, 0.3) is 110 Å². The molecule has 1 aromatic heterocycles. The van der Waals surface area contributed by atoms with Gasteiger partial charge in [0, 0.05) is 16.3 Å². The Kier molecular flexibility index (Phi) is 4.10. The second-order valence-electron chi connectivity index (χ2n) is 12.5. The first kappa shape index (κ1) is 20.0. The lowest BCUT2D eigenvalue weighted by atomic mass is 9.83. The highest BCUT2D eigenvalue weighted by atomic mass is 16.3. The largest absolute Gasteiger partial charge is 0.455 e.